The summed E-state index contributed by atoms with van der Waals surface area (Å²) in [6, 6.07) is 7.43. The fraction of sp³-hybridized carbons (Fsp3) is 0.312. The lowest BCUT2D eigenvalue weighted by Gasteiger charge is -2.15. The van der Waals surface area contributed by atoms with E-state index in [0.717, 1.165) is 16.8 Å². The number of benzene rings is 1. The standard InChI is InChI=1S/C16H21N5OS/c1-4-12(23-16-20-13(17)8-14(18)21-16)15(22)19-11-6-9(2)5-10(3)7-11/h5-8,12H,4H2,1-3H3,(H,19,22)(H4,17,18,20,21). The maximum Gasteiger partial charge on any atom is 0.237 e. The van der Waals surface area contributed by atoms with Crippen molar-refractivity contribution in [3.63, 3.8) is 0 Å². The van der Waals surface area contributed by atoms with E-state index in [2.05, 4.69) is 21.4 Å². The topological polar surface area (TPSA) is 107 Å². The van der Waals surface area contributed by atoms with Gasteiger partial charge in [0.1, 0.15) is 11.6 Å². The van der Waals surface area contributed by atoms with Crippen molar-refractivity contribution in [2.45, 2.75) is 37.6 Å². The highest BCUT2D eigenvalue weighted by Gasteiger charge is 2.20. The molecule has 0 aliphatic heterocycles. The number of carbonyl (C=O) groups is 1. The minimum atomic E-state index is -0.322. The number of aryl methyl sites for hydroxylation is 2. The van der Waals surface area contributed by atoms with Crippen LogP contribution in [0.5, 0.6) is 0 Å². The minimum absolute atomic E-state index is 0.0907. The summed E-state index contributed by atoms with van der Waals surface area (Å²) in [4.78, 5) is 20.7. The van der Waals surface area contributed by atoms with Crippen LogP contribution in [0, 0.1) is 13.8 Å². The number of nitrogens with zero attached hydrogens (tertiary/aromatic N) is 2. The van der Waals surface area contributed by atoms with Crippen molar-refractivity contribution in [2.24, 2.45) is 0 Å². The van der Waals surface area contributed by atoms with E-state index in [1.54, 1.807) is 0 Å². The number of nitrogens with one attached hydrogen (secondary N) is 1. The Hall–Kier alpha value is -2.28. The van der Waals surface area contributed by atoms with Gasteiger partial charge in [-0.15, -0.1) is 0 Å². The lowest BCUT2D eigenvalue weighted by atomic mass is 10.1. The number of nitrogens with two attached hydrogens (primary N) is 2. The highest BCUT2D eigenvalue weighted by Crippen LogP contribution is 2.25. The van der Waals surface area contributed by atoms with Gasteiger partial charge >= 0.3 is 0 Å². The first-order valence-corrected chi connectivity index (χ1v) is 8.21. The van der Waals surface area contributed by atoms with E-state index < -0.39 is 0 Å². The zero-order valence-electron chi connectivity index (χ0n) is 13.5. The molecule has 0 saturated carbocycles. The molecule has 0 aliphatic rings. The number of nitrogen functional groups attached to an aromatic ring is 2. The van der Waals surface area contributed by atoms with Gasteiger partial charge in [-0.3, -0.25) is 4.79 Å². The Bertz CT molecular complexity index is 679. The maximum absolute atomic E-state index is 12.5. The molecule has 122 valence electrons. The normalized spacial score (nSPS) is 12.0. The van der Waals surface area contributed by atoms with Gasteiger partial charge in [-0.2, -0.15) is 0 Å². The molecule has 23 heavy (non-hydrogen) atoms. The molecule has 2 aromatic rings. The SMILES string of the molecule is CCC(Sc1nc(N)cc(N)n1)C(=O)Nc1cc(C)cc(C)c1. The molecular weight excluding hydrogens is 310 g/mol. The molecule has 0 fully saturated rings. The van der Waals surface area contributed by atoms with E-state index in [9.17, 15) is 4.79 Å². The van der Waals surface area contributed by atoms with Crippen LogP contribution in [0.15, 0.2) is 29.4 Å². The summed E-state index contributed by atoms with van der Waals surface area (Å²) in [7, 11) is 0. The summed E-state index contributed by atoms with van der Waals surface area (Å²) >= 11 is 1.26. The molecule has 0 bridgehead atoms. The quantitative estimate of drug-likeness (QED) is 0.574. The van der Waals surface area contributed by atoms with E-state index in [4.69, 9.17) is 11.5 Å². The summed E-state index contributed by atoms with van der Waals surface area (Å²) < 4.78 is 0. The molecule has 1 amide bonds. The molecule has 1 unspecified atom stereocenters. The Morgan fingerprint density at radius 3 is 2.22 bits per heavy atom. The third-order valence-electron chi connectivity index (χ3n) is 3.15. The second kappa shape index (κ2) is 7.32. The van der Waals surface area contributed by atoms with Gasteiger partial charge < -0.3 is 16.8 Å². The van der Waals surface area contributed by atoms with Crippen LogP contribution in [0.4, 0.5) is 17.3 Å². The number of hydrogen-bond acceptors (Lipinski definition) is 6. The summed E-state index contributed by atoms with van der Waals surface area (Å²) in [6.07, 6.45) is 0.638. The van der Waals surface area contributed by atoms with Crippen LogP contribution in [0.25, 0.3) is 0 Å². The van der Waals surface area contributed by atoms with Crippen LogP contribution in [-0.4, -0.2) is 21.1 Å². The Morgan fingerprint density at radius 2 is 1.70 bits per heavy atom. The summed E-state index contributed by atoms with van der Waals surface area (Å²) in [5.41, 5.74) is 14.3. The largest absolute Gasteiger partial charge is 0.383 e. The zero-order valence-corrected chi connectivity index (χ0v) is 14.3. The van der Waals surface area contributed by atoms with E-state index >= 15 is 0 Å². The number of rotatable bonds is 5. The van der Waals surface area contributed by atoms with Crippen LogP contribution in [0.3, 0.4) is 0 Å². The smallest absolute Gasteiger partial charge is 0.237 e. The zero-order chi connectivity index (χ0) is 17.0. The fourth-order valence-corrected chi connectivity index (χ4v) is 3.14. The first-order valence-electron chi connectivity index (χ1n) is 7.33. The highest BCUT2D eigenvalue weighted by molar-refractivity contribution is 8.00. The van der Waals surface area contributed by atoms with Crippen LogP contribution < -0.4 is 16.8 Å². The third-order valence-corrected chi connectivity index (χ3v) is 4.37. The van der Waals surface area contributed by atoms with E-state index in [1.807, 2.05) is 32.9 Å². The van der Waals surface area contributed by atoms with Crippen LogP contribution in [-0.2, 0) is 4.79 Å². The maximum atomic E-state index is 12.5. The minimum Gasteiger partial charge on any atom is -0.383 e. The van der Waals surface area contributed by atoms with Crippen molar-refractivity contribution in [3.05, 3.63) is 35.4 Å². The van der Waals surface area contributed by atoms with Gasteiger partial charge in [0, 0.05) is 11.8 Å². The predicted molar refractivity (Wildman–Crippen MR) is 95.3 cm³/mol. The molecule has 6 nitrogen and oxygen atoms in total. The molecule has 7 heteroatoms. The number of anilines is 3. The van der Waals surface area contributed by atoms with Gasteiger partial charge in [0.2, 0.25) is 5.91 Å². The monoisotopic (exact) mass is 331 g/mol. The fourth-order valence-electron chi connectivity index (χ4n) is 2.23. The molecule has 0 spiro atoms. The summed E-state index contributed by atoms with van der Waals surface area (Å²) in [5, 5.41) is 3.03. The highest BCUT2D eigenvalue weighted by atomic mass is 32.2. The second-order valence-electron chi connectivity index (χ2n) is 5.38. The number of amides is 1. The molecule has 0 aliphatic carbocycles. The predicted octanol–water partition coefficient (Wildman–Crippen LogP) is 2.77. The van der Waals surface area contributed by atoms with Crippen molar-refractivity contribution in [1.82, 2.24) is 9.97 Å². The molecule has 1 heterocycles. The second-order valence-corrected chi connectivity index (χ2v) is 6.55. The van der Waals surface area contributed by atoms with Crippen LogP contribution in [0.2, 0.25) is 0 Å². The summed E-state index contributed by atoms with van der Waals surface area (Å²) in [6.45, 7) is 5.94. The van der Waals surface area contributed by atoms with E-state index in [-0.39, 0.29) is 11.2 Å². The first kappa shape index (κ1) is 17.1. The van der Waals surface area contributed by atoms with Gasteiger partial charge in [-0.05, 0) is 43.5 Å². The Morgan fingerprint density at radius 1 is 1.13 bits per heavy atom. The average molecular weight is 331 g/mol. The van der Waals surface area contributed by atoms with Gasteiger partial charge in [0.25, 0.3) is 0 Å². The van der Waals surface area contributed by atoms with Crippen molar-refractivity contribution in [3.8, 4) is 0 Å². The molecule has 1 atom stereocenters. The molecule has 1 aromatic carbocycles. The third kappa shape index (κ3) is 4.85. The van der Waals surface area contributed by atoms with E-state index in [1.165, 1.54) is 17.8 Å². The average Bonchev–Trinajstić information content (AvgIpc) is 2.42. The molecule has 0 radical (unpaired) electrons. The Labute approximate surface area is 140 Å². The molecule has 2 rings (SSSR count). The lowest BCUT2D eigenvalue weighted by molar-refractivity contribution is -0.115. The van der Waals surface area contributed by atoms with Crippen molar-refractivity contribution in [1.29, 1.82) is 0 Å². The van der Waals surface area contributed by atoms with Crippen molar-refractivity contribution >= 4 is 35.0 Å². The summed E-state index contributed by atoms with van der Waals surface area (Å²) in [5.74, 6) is 0.501. The van der Waals surface area contributed by atoms with Gasteiger partial charge in [0.05, 0.1) is 5.25 Å². The van der Waals surface area contributed by atoms with Crippen molar-refractivity contribution in [2.75, 3.05) is 16.8 Å². The first-order chi connectivity index (χ1) is 10.9. The molecular formula is C16H21N5OS. The molecule has 1 aromatic heterocycles. The van der Waals surface area contributed by atoms with Gasteiger partial charge in [-0.1, -0.05) is 24.8 Å². The Kier molecular flexibility index (Phi) is 5.44. The number of thioether (sulfide) groups is 1. The van der Waals surface area contributed by atoms with Gasteiger partial charge in [-0.25, -0.2) is 9.97 Å². The van der Waals surface area contributed by atoms with Crippen LogP contribution in [0.1, 0.15) is 24.5 Å². The molecule has 5 N–H and O–H groups in total. The molecule has 0 saturated heterocycles. The number of carbonyl (C=O) groups excluding carboxylic acids is 1. The van der Waals surface area contributed by atoms with Crippen LogP contribution >= 0.6 is 11.8 Å². The Balaban J connectivity index is 2.11. The number of hydrogen-bond donors (Lipinski definition) is 3. The van der Waals surface area contributed by atoms with Gasteiger partial charge in [0.15, 0.2) is 5.16 Å². The van der Waals surface area contributed by atoms with Crippen molar-refractivity contribution < 1.29 is 4.79 Å². The van der Waals surface area contributed by atoms with E-state index in [0.29, 0.717) is 23.2 Å². The number of aromatic nitrogens is 2. The lowest BCUT2D eigenvalue weighted by Crippen LogP contribution is -2.25.